The number of benzene rings is 3. The number of aryl methyl sites for hydroxylation is 1. The minimum absolute atomic E-state index is 0.0220. The Morgan fingerprint density at radius 3 is 1.87 bits per heavy atom. The number of hydrogen-bond donors (Lipinski definition) is 0. The molecule has 0 radical (unpaired) electrons. The third-order valence-electron chi connectivity index (χ3n) is 9.31. The molecule has 2 heterocycles. The van der Waals surface area contributed by atoms with Crippen molar-refractivity contribution < 1.29 is 40.7 Å². The standard InChI is InChI=1S/C26H31ClN2O6S.C19H26ClFN2O3/c1-6-20(17-34-36(31,32)22-13-7-18(2)8-14-22)35-21-11-9-19(10-12-21)16-33-23-15-28-29(26(3,4)5)25(30)24(23)27;1-5-14(10-21)26-15-8-6-13(7-9-15)12-25-16-11-22-23(19(2,3)4)18(24)17(16)20/h7-15,20H,6,16-17H2,1-5H3;6-9,11,14,16-17H,5,10,12H2,1-4H3. The van der Waals surface area contributed by atoms with E-state index in [1.165, 1.54) is 28.0 Å². The number of hydrogen-bond acceptors (Lipinski definition) is 11. The first-order valence-electron chi connectivity index (χ1n) is 20.2. The molecule has 338 valence electrons. The van der Waals surface area contributed by atoms with E-state index in [0.717, 1.165) is 16.7 Å². The highest BCUT2D eigenvalue weighted by Crippen LogP contribution is 2.26. The number of nitrogens with zero attached hydrogens (tertiary/aromatic N) is 4. The van der Waals surface area contributed by atoms with Crippen molar-refractivity contribution in [3.63, 3.8) is 0 Å². The Hall–Kier alpha value is -4.54. The van der Waals surface area contributed by atoms with Crippen molar-refractivity contribution in [2.45, 2.75) is 128 Å². The zero-order chi connectivity index (χ0) is 45.8. The molecule has 0 fully saturated rings. The van der Waals surface area contributed by atoms with Crippen molar-refractivity contribution in [2.75, 3.05) is 13.3 Å². The number of ether oxygens (including phenoxy) is 4. The highest BCUT2D eigenvalue weighted by Gasteiger charge is 2.38. The van der Waals surface area contributed by atoms with Gasteiger partial charge in [-0.05, 0) is 109 Å². The normalized spacial score (nSPS) is 16.6. The van der Waals surface area contributed by atoms with E-state index in [2.05, 4.69) is 10.2 Å². The van der Waals surface area contributed by atoms with E-state index in [4.69, 9.17) is 46.3 Å². The van der Waals surface area contributed by atoms with Gasteiger partial charge in [-0.25, -0.2) is 14.1 Å². The van der Waals surface area contributed by atoms with Gasteiger partial charge in [-0.3, -0.25) is 13.8 Å². The van der Waals surface area contributed by atoms with Crippen LogP contribution in [-0.4, -0.2) is 77.8 Å². The van der Waals surface area contributed by atoms with Gasteiger partial charge in [0.15, 0.2) is 10.8 Å². The predicted octanol–water partition coefficient (Wildman–Crippen LogP) is 9.03. The number of amides is 1. The molecule has 1 aliphatic heterocycles. The van der Waals surface area contributed by atoms with Crippen LogP contribution in [0, 0.1) is 6.92 Å². The van der Waals surface area contributed by atoms with Crippen LogP contribution in [0.15, 0.2) is 93.8 Å². The van der Waals surface area contributed by atoms with Crippen LogP contribution in [0.5, 0.6) is 17.2 Å². The summed E-state index contributed by atoms with van der Waals surface area (Å²) in [6, 6.07) is 20.8. The molecular weight excluding hydrogens is 862 g/mol. The molecule has 4 aromatic rings. The van der Waals surface area contributed by atoms with E-state index in [1.807, 2.05) is 86.6 Å². The maximum absolute atomic E-state index is 12.7. The molecule has 1 aliphatic rings. The van der Waals surface area contributed by atoms with Gasteiger partial charge in [0.1, 0.15) is 55.1 Å². The van der Waals surface area contributed by atoms with Gasteiger partial charge in [-0.2, -0.15) is 18.6 Å². The molecule has 3 aromatic carbocycles. The van der Waals surface area contributed by atoms with E-state index >= 15 is 0 Å². The second-order valence-electron chi connectivity index (χ2n) is 16.6. The summed E-state index contributed by atoms with van der Waals surface area (Å²) in [4.78, 5) is 24.9. The third-order valence-corrected chi connectivity index (χ3v) is 11.4. The van der Waals surface area contributed by atoms with Crippen LogP contribution >= 0.6 is 23.2 Å². The molecule has 4 unspecified atom stereocenters. The Morgan fingerprint density at radius 1 is 0.806 bits per heavy atom. The Kier molecular flexibility index (Phi) is 17.9. The Bertz CT molecular complexity index is 2260. The fourth-order valence-electron chi connectivity index (χ4n) is 5.61. The van der Waals surface area contributed by atoms with Gasteiger partial charge in [-0.1, -0.05) is 67.4 Å². The second-order valence-corrected chi connectivity index (χ2v) is 19.0. The van der Waals surface area contributed by atoms with Gasteiger partial charge in [-0.15, -0.1) is 11.6 Å². The molecule has 0 spiro atoms. The minimum Gasteiger partial charge on any atom is -0.488 e. The molecule has 0 saturated carbocycles. The zero-order valence-corrected chi connectivity index (χ0v) is 39.0. The van der Waals surface area contributed by atoms with Gasteiger partial charge in [0.2, 0.25) is 0 Å². The summed E-state index contributed by atoms with van der Waals surface area (Å²) >= 11 is 12.5. The molecular formula is C45H57Cl2FN4O9S. The van der Waals surface area contributed by atoms with Crippen molar-refractivity contribution in [1.82, 2.24) is 14.8 Å². The lowest BCUT2D eigenvalue weighted by atomic mass is 10.1. The van der Waals surface area contributed by atoms with Gasteiger partial charge in [0.25, 0.3) is 21.6 Å². The number of aromatic nitrogens is 2. The van der Waals surface area contributed by atoms with Gasteiger partial charge in [0, 0.05) is 0 Å². The fourth-order valence-corrected chi connectivity index (χ4v) is 6.96. The minimum atomic E-state index is -3.87. The lowest BCUT2D eigenvalue weighted by Crippen LogP contribution is -2.52. The average molecular weight is 920 g/mol. The van der Waals surface area contributed by atoms with Gasteiger partial charge < -0.3 is 18.9 Å². The van der Waals surface area contributed by atoms with E-state index in [-0.39, 0.29) is 41.4 Å². The smallest absolute Gasteiger partial charge is 0.297 e. The monoisotopic (exact) mass is 918 g/mol. The van der Waals surface area contributed by atoms with Crippen LogP contribution in [0.3, 0.4) is 0 Å². The van der Waals surface area contributed by atoms with Crippen molar-refractivity contribution in [3.05, 3.63) is 111 Å². The summed E-state index contributed by atoms with van der Waals surface area (Å²) in [6.45, 7) is 16.7. The van der Waals surface area contributed by atoms with Crippen molar-refractivity contribution >= 4 is 45.4 Å². The average Bonchev–Trinajstić information content (AvgIpc) is 3.23. The van der Waals surface area contributed by atoms with E-state index < -0.39 is 57.1 Å². The van der Waals surface area contributed by atoms with Crippen molar-refractivity contribution in [2.24, 2.45) is 5.10 Å². The molecule has 0 saturated heterocycles. The van der Waals surface area contributed by atoms with Crippen molar-refractivity contribution in [1.29, 1.82) is 0 Å². The topological polar surface area (TPSA) is 148 Å². The molecule has 4 atom stereocenters. The van der Waals surface area contributed by atoms with Crippen LogP contribution in [0.25, 0.3) is 0 Å². The fraction of sp³-hybridized carbons (Fsp3) is 0.467. The third kappa shape index (κ3) is 14.2. The highest BCUT2D eigenvalue weighted by molar-refractivity contribution is 7.86. The summed E-state index contributed by atoms with van der Waals surface area (Å²) in [7, 11) is -3.87. The van der Waals surface area contributed by atoms with Gasteiger partial charge >= 0.3 is 0 Å². The quantitative estimate of drug-likeness (QED) is 0.0743. The van der Waals surface area contributed by atoms with E-state index in [9.17, 15) is 22.4 Å². The van der Waals surface area contributed by atoms with E-state index in [1.54, 1.807) is 42.6 Å². The Balaban J connectivity index is 0.000000287. The number of alkyl halides is 2. The SMILES string of the molecule is CCC(CF)Oc1ccc(COC2C=NN(C(C)(C)C)C(=O)C2Cl)cc1.CCC(COS(=O)(=O)c1ccc(C)cc1)Oc1ccc(COc2cnn(C(C)(C)C)c(=O)c2Cl)cc1. The molecule has 5 rings (SSSR count). The van der Waals surface area contributed by atoms with Crippen LogP contribution in [0.2, 0.25) is 5.02 Å². The molecule has 62 heavy (non-hydrogen) atoms. The summed E-state index contributed by atoms with van der Waals surface area (Å²) < 4.78 is 67.0. The second kappa shape index (κ2) is 22.2. The first-order valence-corrected chi connectivity index (χ1v) is 22.5. The molecule has 1 amide bonds. The lowest BCUT2D eigenvalue weighted by Gasteiger charge is -2.36. The van der Waals surface area contributed by atoms with Gasteiger partial charge in [0.05, 0.1) is 35.0 Å². The summed E-state index contributed by atoms with van der Waals surface area (Å²) in [6.07, 6.45) is 2.70. The van der Waals surface area contributed by atoms with Crippen LogP contribution in [0.1, 0.15) is 84.9 Å². The number of halogens is 3. The van der Waals surface area contributed by atoms with Crippen LogP contribution in [-0.2, 0) is 42.6 Å². The number of rotatable bonds is 17. The zero-order valence-electron chi connectivity index (χ0n) is 36.6. The molecule has 13 nitrogen and oxygen atoms in total. The number of carbonyl (C=O) groups is 1. The number of carbonyl (C=O) groups excluding carboxylic acids is 1. The highest BCUT2D eigenvalue weighted by atomic mass is 35.5. The Morgan fingerprint density at radius 2 is 1.35 bits per heavy atom. The Labute approximate surface area is 374 Å². The largest absolute Gasteiger partial charge is 0.488 e. The van der Waals surface area contributed by atoms with Crippen LogP contribution < -0.4 is 19.8 Å². The lowest BCUT2D eigenvalue weighted by molar-refractivity contribution is -0.138. The first kappa shape index (κ1) is 50.1. The van der Waals surface area contributed by atoms with E-state index in [0.29, 0.717) is 24.3 Å². The maximum Gasteiger partial charge on any atom is 0.297 e. The molecule has 0 aliphatic carbocycles. The first-order chi connectivity index (χ1) is 29.2. The maximum atomic E-state index is 12.7. The molecule has 0 bridgehead atoms. The summed E-state index contributed by atoms with van der Waals surface area (Å²) in [5.74, 6) is 1.12. The molecule has 17 heteroatoms. The number of hydrazone groups is 1. The van der Waals surface area contributed by atoms with Crippen molar-refractivity contribution in [3.8, 4) is 17.2 Å². The molecule has 1 aromatic heterocycles. The van der Waals surface area contributed by atoms with Crippen LogP contribution in [0.4, 0.5) is 4.39 Å². The summed E-state index contributed by atoms with van der Waals surface area (Å²) in [5.41, 5.74) is 1.34. The predicted molar refractivity (Wildman–Crippen MR) is 239 cm³/mol. The summed E-state index contributed by atoms with van der Waals surface area (Å²) in [5, 5.41) is 8.88. The molecule has 0 N–H and O–H groups in total.